The third kappa shape index (κ3) is 3.75. The molecule has 34 heavy (non-hydrogen) atoms. The minimum absolute atomic E-state index is 0.269. The lowest BCUT2D eigenvalue weighted by molar-refractivity contribution is 0.102. The van der Waals surface area contributed by atoms with Crippen molar-refractivity contribution in [1.29, 1.82) is 0 Å². The first-order valence-electron chi connectivity index (χ1n) is 10.7. The van der Waals surface area contributed by atoms with Crippen molar-refractivity contribution in [3.8, 4) is 11.3 Å². The van der Waals surface area contributed by atoms with Gasteiger partial charge in [-0.25, -0.2) is 15.0 Å². The average molecular weight is 470 g/mol. The van der Waals surface area contributed by atoms with Gasteiger partial charge in [0.05, 0.1) is 41.7 Å². The van der Waals surface area contributed by atoms with Crippen LogP contribution in [0.25, 0.3) is 21.7 Å². The van der Waals surface area contributed by atoms with Gasteiger partial charge in [0, 0.05) is 49.1 Å². The van der Waals surface area contributed by atoms with E-state index >= 15 is 0 Å². The number of aryl methyl sites for hydroxylation is 1. The van der Waals surface area contributed by atoms with Crippen LogP contribution in [0.3, 0.4) is 0 Å². The topological polar surface area (TPSA) is 115 Å². The predicted octanol–water partition coefficient (Wildman–Crippen LogP) is 3.32. The van der Waals surface area contributed by atoms with Crippen LogP contribution in [0.15, 0.2) is 55.5 Å². The molecule has 10 nitrogen and oxygen atoms in total. The van der Waals surface area contributed by atoms with E-state index in [-0.39, 0.29) is 5.91 Å². The van der Waals surface area contributed by atoms with E-state index in [1.165, 1.54) is 11.3 Å². The van der Waals surface area contributed by atoms with E-state index < -0.39 is 0 Å². The summed E-state index contributed by atoms with van der Waals surface area (Å²) >= 11 is 1.29. The Morgan fingerprint density at radius 3 is 2.82 bits per heavy atom. The number of thiazole rings is 1. The Morgan fingerprint density at radius 2 is 1.94 bits per heavy atom. The summed E-state index contributed by atoms with van der Waals surface area (Å²) < 4.78 is 2.13. The molecule has 0 saturated carbocycles. The van der Waals surface area contributed by atoms with E-state index in [2.05, 4.69) is 44.7 Å². The number of carbonyl (C=O) groups excluding carboxylic acids is 1. The number of nitrogens with zero attached hydrogens (tertiary/aromatic N) is 8. The van der Waals surface area contributed by atoms with Crippen LogP contribution in [0.5, 0.6) is 0 Å². The fourth-order valence-electron chi connectivity index (χ4n) is 3.97. The first-order valence-corrected chi connectivity index (χ1v) is 11.5. The highest BCUT2D eigenvalue weighted by Gasteiger charge is 2.23. The van der Waals surface area contributed by atoms with Crippen molar-refractivity contribution in [1.82, 2.24) is 34.5 Å². The second-order valence-electron chi connectivity index (χ2n) is 7.94. The van der Waals surface area contributed by atoms with Crippen molar-refractivity contribution in [2.75, 3.05) is 16.8 Å². The minimum Gasteiger partial charge on any atom is -0.363 e. The maximum Gasteiger partial charge on any atom is 0.261 e. The van der Waals surface area contributed by atoms with Gasteiger partial charge in [-0.3, -0.25) is 20.1 Å². The first-order chi connectivity index (χ1) is 16.6. The van der Waals surface area contributed by atoms with Gasteiger partial charge in [0.15, 0.2) is 15.6 Å². The lowest BCUT2D eigenvalue weighted by Crippen LogP contribution is -2.34. The number of hydrogen-bond acceptors (Lipinski definition) is 9. The van der Waals surface area contributed by atoms with Crippen LogP contribution < -0.4 is 10.2 Å². The second-order valence-corrected chi connectivity index (χ2v) is 8.91. The van der Waals surface area contributed by atoms with Crippen LogP contribution in [0, 0.1) is 6.92 Å². The number of carbonyl (C=O) groups is 1. The molecule has 6 rings (SSSR count). The van der Waals surface area contributed by atoms with E-state index in [1.54, 1.807) is 24.8 Å². The van der Waals surface area contributed by atoms with Crippen LogP contribution in [-0.4, -0.2) is 46.9 Å². The van der Waals surface area contributed by atoms with Gasteiger partial charge in [-0.1, -0.05) is 11.3 Å². The lowest BCUT2D eigenvalue weighted by Gasteiger charge is -2.31. The van der Waals surface area contributed by atoms with Gasteiger partial charge in [-0.15, -0.1) is 0 Å². The Labute approximate surface area is 198 Å². The highest BCUT2D eigenvalue weighted by molar-refractivity contribution is 7.21. The van der Waals surface area contributed by atoms with Crippen molar-refractivity contribution in [2.45, 2.75) is 20.0 Å². The van der Waals surface area contributed by atoms with Gasteiger partial charge in [-0.05, 0) is 25.1 Å². The third-order valence-electron chi connectivity index (χ3n) is 5.69. The zero-order valence-electron chi connectivity index (χ0n) is 18.2. The maximum absolute atomic E-state index is 13.3. The summed E-state index contributed by atoms with van der Waals surface area (Å²) in [5.41, 5.74) is 5.44. The van der Waals surface area contributed by atoms with Crippen molar-refractivity contribution in [3.63, 3.8) is 0 Å². The molecule has 0 radical (unpaired) electrons. The number of rotatable bonds is 4. The van der Waals surface area contributed by atoms with Crippen LogP contribution in [0.2, 0.25) is 0 Å². The molecule has 5 aromatic rings. The van der Waals surface area contributed by atoms with E-state index in [0.717, 1.165) is 41.4 Å². The monoisotopic (exact) mass is 469 g/mol. The SMILES string of the molecule is Cc1cc(N2CCn3cncc3C2)c(C(=O)Nc2nc3ncc(-c4ccncc4)nc3s2)cn1. The Kier molecular flexibility index (Phi) is 4.95. The summed E-state index contributed by atoms with van der Waals surface area (Å²) in [4.78, 5) is 42.3. The Balaban J connectivity index is 1.28. The number of anilines is 2. The molecule has 6 heterocycles. The number of imidazole rings is 1. The number of pyridine rings is 2. The zero-order valence-corrected chi connectivity index (χ0v) is 19.0. The number of nitrogens with one attached hydrogen (secondary N) is 1. The summed E-state index contributed by atoms with van der Waals surface area (Å²) in [6.07, 6.45) is 10.4. The number of aromatic nitrogens is 7. The van der Waals surface area contributed by atoms with Gasteiger partial charge in [0.25, 0.3) is 5.91 Å². The van der Waals surface area contributed by atoms with Crippen molar-refractivity contribution < 1.29 is 4.79 Å². The minimum atomic E-state index is -0.269. The Bertz CT molecular complexity index is 1510. The zero-order chi connectivity index (χ0) is 23.1. The smallest absolute Gasteiger partial charge is 0.261 e. The number of hydrogen-bond donors (Lipinski definition) is 1. The fourth-order valence-corrected chi connectivity index (χ4v) is 4.77. The molecule has 0 aliphatic carbocycles. The van der Waals surface area contributed by atoms with E-state index in [0.29, 0.717) is 27.7 Å². The highest BCUT2D eigenvalue weighted by Crippen LogP contribution is 2.29. The van der Waals surface area contributed by atoms with Crippen LogP contribution in [-0.2, 0) is 13.1 Å². The quantitative estimate of drug-likeness (QED) is 0.426. The van der Waals surface area contributed by atoms with E-state index in [9.17, 15) is 4.79 Å². The molecule has 1 N–H and O–H groups in total. The number of fused-ring (bicyclic) bond motifs is 2. The first kappa shape index (κ1) is 20.4. The largest absolute Gasteiger partial charge is 0.363 e. The number of amides is 1. The van der Waals surface area contributed by atoms with Gasteiger partial charge in [0.2, 0.25) is 0 Å². The summed E-state index contributed by atoms with van der Waals surface area (Å²) in [5.74, 6) is -0.269. The summed E-state index contributed by atoms with van der Waals surface area (Å²) in [6, 6.07) is 5.70. The molecular weight excluding hydrogens is 450 g/mol. The maximum atomic E-state index is 13.3. The van der Waals surface area contributed by atoms with Crippen molar-refractivity contribution in [3.05, 3.63) is 72.5 Å². The van der Waals surface area contributed by atoms with Crippen molar-refractivity contribution >= 4 is 38.5 Å². The van der Waals surface area contributed by atoms with Gasteiger partial charge in [0.1, 0.15) is 0 Å². The van der Waals surface area contributed by atoms with Gasteiger partial charge in [-0.2, -0.15) is 4.98 Å². The molecule has 0 unspecified atom stereocenters. The highest BCUT2D eigenvalue weighted by atomic mass is 32.1. The molecule has 0 saturated heterocycles. The molecule has 1 aliphatic rings. The third-order valence-corrected chi connectivity index (χ3v) is 6.54. The molecule has 0 bridgehead atoms. The second kappa shape index (κ2) is 8.27. The van der Waals surface area contributed by atoms with Crippen molar-refractivity contribution in [2.24, 2.45) is 0 Å². The fraction of sp³-hybridized carbons (Fsp3) is 0.174. The summed E-state index contributed by atoms with van der Waals surface area (Å²) in [5, 5.41) is 3.35. The molecule has 168 valence electrons. The molecule has 5 aromatic heterocycles. The van der Waals surface area contributed by atoms with E-state index in [1.807, 2.05) is 37.6 Å². The molecule has 0 atom stereocenters. The predicted molar refractivity (Wildman–Crippen MR) is 129 cm³/mol. The summed E-state index contributed by atoms with van der Waals surface area (Å²) in [6.45, 7) is 4.19. The van der Waals surface area contributed by atoms with Gasteiger partial charge >= 0.3 is 0 Å². The Morgan fingerprint density at radius 1 is 1.06 bits per heavy atom. The molecule has 0 aromatic carbocycles. The molecule has 0 spiro atoms. The van der Waals surface area contributed by atoms with Crippen LogP contribution in [0.1, 0.15) is 21.7 Å². The standard InChI is InChI=1S/C23H19N9OS/c1-14-8-19(31-6-7-32-13-25-9-16(32)12-31)17(10-26-14)21(33)30-23-29-20-22(34-23)28-18(11-27-20)15-2-4-24-5-3-15/h2-5,8-11,13H,6-7,12H2,1H3,(H,27,29,30,33). The lowest BCUT2D eigenvalue weighted by atomic mass is 10.1. The molecule has 11 heteroatoms. The van der Waals surface area contributed by atoms with Crippen LogP contribution >= 0.6 is 11.3 Å². The molecule has 1 amide bonds. The Hall–Kier alpha value is -4.25. The van der Waals surface area contributed by atoms with E-state index in [4.69, 9.17) is 0 Å². The molecular formula is C23H19N9OS. The summed E-state index contributed by atoms with van der Waals surface area (Å²) in [7, 11) is 0. The average Bonchev–Trinajstić information content (AvgIpc) is 3.49. The molecule has 0 fully saturated rings. The van der Waals surface area contributed by atoms with Crippen LogP contribution in [0.4, 0.5) is 10.8 Å². The van der Waals surface area contributed by atoms with Gasteiger partial charge < -0.3 is 9.47 Å². The molecule has 1 aliphatic heterocycles. The normalized spacial score (nSPS) is 13.1.